The first-order valence-electron chi connectivity index (χ1n) is 11.6. The number of carbonyl (C=O) groups excluding carboxylic acids is 1. The van der Waals surface area contributed by atoms with Gasteiger partial charge >= 0.3 is 5.97 Å². The van der Waals surface area contributed by atoms with Crippen LogP contribution < -0.4 is 0 Å². The fourth-order valence-electron chi connectivity index (χ4n) is 2.17. The molecule has 0 aliphatic rings. The molecule has 0 bridgehead atoms. The summed E-state index contributed by atoms with van der Waals surface area (Å²) >= 11 is 0. The molecule has 0 N–H and O–H groups in total. The maximum absolute atomic E-state index is 11.1. The Hall–Kier alpha value is -0.890. The molecule has 11 nitrogen and oxygen atoms in total. The SMILES string of the molecule is CCOC(=O)CCOCCOCCOCCOCCOCCOCCOCCOCCOC. The molecule has 0 heterocycles. The molecule has 0 saturated carbocycles. The Labute approximate surface area is 198 Å². The van der Waals surface area contributed by atoms with Crippen molar-refractivity contribution < 1.29 is 52.2 Å². The van der Waals surface area contributed by atoms with E-state index in [9.17, 15) is 4.79 Å². The molecule has 0 amide bonds. The highest BCUT2D eigenvalue weighted by atomic mass is 16.6. The minimum absolute atomic E-state index is 0.247. The number of hydrogen-bond donors (Lipinski definition) is 0. The molecular weight excluding hydrogens is 440 g/mol. The molecule has 11 heteroatoms. The Morgan fingerprint density at radius 1 is 0.455 bits per heavy atom. The van der Waals surface area contributed by atoms with Crippen LogP contribution in [0.3, 0.4) is 0 Å². The Kier molecular flexibility index (Phi) is 28.4. The summed E-state index contributed by atoms with van der Waals surface area (Å²) in [6, 6.07) is 0. The zero-order valence-corrected chi connectivity index (χ0v) is 20.4. The van der Waals surface area contributed by atoms with Gasteiger partial charge in [0.25, 0.3) is 0 Å². The van der Waals surface area contributed by atoms with E-state index >= 15 is 0 Å². The summed E-state index contributed by atoms with van der Waals surface area (Å²) in [4.78, 5) is 11.1. The zero-order valence-electron chi connectivity index (χ0n) is 20.4. The molecule has 198 valence electrons. The van der Waals surface area contributed by atoms with Crippen LogP contribution in [0.25, 0.3) is 0 Å². The van der Waals surface area contributed by atoms with Gasteiger partial charge in [-0.25, -0.2) is 0 Å². The Morgan fingerprint density at radius 2 is 0.727 bits per heavy atom. The summed E-state index contributed by atoms with van der Waals surface area (Å²) < 4.78 is 52.6. The van der Waals surface area contributed by atoms with Crippen LogP contribution >= 0.6 is 0 Å². The van der Waals surface area contributed by atoms with Gasteiger partial charge in [-0.3, -0.25) is 4.79 Å². The van der Waals surface area contributed by atoms with Crippen LogP contribution in [0.1, 0.15) is 13.3 Å². The van der Waals surface area contributed by atoms with Gasteiger partial charge in [0.05, 0.1) is 125 Å². The Morgan fingerprint density at radius 3 is 1.00 bits per heavy atom. The number of rotatable bonds is 28. The van der Waals surface area contributed by atoms with Crippen molar-refractivity contribution in [3.05, 3.63) is 0 Å². The van der Waals surface area contributed by atoms with Crippen LogP contribution in [-0.4, -0.2) is 132 Å². The first kappa shape index (κ1) is 32.1. The molecule has 0 aliphatic carbocycles. The standard InChI is InChI=1S/C22H44O11/c1-3-33-22(23)4-5-25-8-9-27-12-13-29-16-17-31-20-21-32-19-18-30-15-14-28-11-10-26-7-6-24-2/h3-21H2,1-2H3. The van der Waals surface area contributed by atoms with Crippen molar-refractivity contribution in [3.63, 3.8) is 0 Å². The molecule has 33 heavy (non-hydrogen) atoms. The van der Waals surface area contributed by atoms with Crippen LogP contribution in [0.2, 0.25) is 0 Å². The molecule has 0 radical (unpaired) electrons. The fraction of sp³-hybridized carbons (Fsp3) is 0.955. The molecule has 0 aromatic rings. The van der Waals surface area contributed by atoms with E-state index in [1.54, 1.807) is 14.0 Å². The largest absolute Gasteiger partial charge is 0.466 e. The van der Waals surface area contributed by atoms with Crippen molar-refractivity contribution in [2.45, 2.75) is 13.3 Å². The van der Waals surface area contributed by atoms with Gasteiger partial charge in [-0.05, 0) is 6.92 Å². The van der Waals surface area contributed by atoms with Crippen LogP contribution in [0.4, 0.5) is 0 Å². The van der Waals surface area contributed by atoms with E-state index in [1.165, 1.54) is 0 Å². The number of carbonyl (C=O) groups is 1. The molecule has 0 aromatic heterocycles. The van der Waals surface area contributed by atoms with Crippen LogP contribution in [0.5, 0.6) is 0 Å². The van der Waals surface area contributed by atoms with Gasteiger partial charge in [0.2, 0.25) is 0 Å². The minimum Gasteiger partial charge on any atom is -0.466 e. The van der Waals surface area contributed by atoms with E-state index in [0.29, 0.717) is 119 Å². The van der Waals surface area contributed by atoms with E-state index in [4.69, 9.17) is 47.4 Å². The van der Waals surface area contributed by atoms with Gasteiger partial charge < -0.3 is 47.4 Å². The molecule has 0 aromatic carbocycles. The van der Waals surface area contributed by atoms with Gasteiger partial charge in [-0.15, -0.1) is 0 Å². The minimum atomic E-state index is -0.247. The molecule has 0 unspecified atom stereocenters. The number of esters is 1. The van der Waals surface area contributed by atoms with Crippen molar-refractivity contribution in [2.24, 2.45) is 0 Å². The fourth-order valence-corrected chi connectivity index (χ4v) is 2.17. The van der Waals surface area contributed by atoms with Gasteiger partial charge in [-0.2, -0.15) is 0 Å². The highest BCUT2D eigenvalue weighted by molar-refractivity contribution is 5.69. The third-order valence-corrected chi connectivity index (χ3v) is 3.79. The molecule has 0 saturated heterocycles. The highest BCUT2D eigenvalue weighted by Crippen LogP contribution is 1.89. The molecule has 0 atom stereocenters. The first-order valence-corrected chi connectivity index (χ1v) is 11.6. The second kappa shape index (κ2) is 29.1. The predicted molar refractivity (Wildman–Crippen MR) is 120 cm³/mol. The monoisotopic (exact) mass is 484 g/mol. The van der Waals surface area contributed by atoms with Crippen LogP contribution in [0.15, 0.2) is 0 Å². The van der Waals surface area contributed by atoms with Crippen molar-refractivity contribution >= 4 is 5.97 Å². The van der Waals surface area contributed by atoms with E-state index in [1.807, 2.05) is 0 Å². The van der Waals surface area contributed by atoms with Gasteiger partial charge in [0, 0.05) is 7.11 Å². The quantitative estimate of drug-likeness (QED) is 0.116. The Balaban J connectivity index is 3.03. The van der Waals surface area contributed by atoms with E-state index in [0.717, 1.165) is 0 Å². The van der Waals surface area contributed by atoms with E-state index in [-0.39, 0.29) is 12.4 Å². The highest BCUT2D eigenvalue weighted by Gasteiger charge is 2.00. The molecule has 0 fully saturated rings. The van der Waals surface area contributed by atoms with Crippen molar-refractivity contribution in [1.29, 1.82) is 0 Å². The van der Waals surface area contributed by atoms with Crippen molar-refractivity contribution in [2.75, 3.05) is 126 Å². The van der Waals surface area contributed by atoms with Gasteiger partial charge in [0.1, 0.15) is 0 Å². The smallest absolute Gasteiger partial charge is 0.308 e. The summed E-state index contributed by atoms with van der Waals surface area (Å²) in [6.07, 6.45) is 0.262. The summed E-state index contributed by atoms with van der Waals surface area (Å²) in [7, 11) is 1.64. The average Bonchev–Trinajstić information content (AvgIpc) is 2.81. The lowest BCUT2D eigenvalue weighted by molar-refractivity contribution is -0.144. The van der Waals surface area contributed by atoms with E-state index < -0.39 is 0 Å². The average molecular weight is 485 g/mol. The van der Waals surface area contributed by atoms with Crippen LogP contribution in [0, 0.1) is 0 Å². The third-order valence-electron chi connectivity index (χ3n) is 3.79. The molecule has 0 spiro atoms. The zero-order chi connectivity index (χ0) is 24.1. The lowest BCUT2D eigenvalue weighted by Crippen LogP contribution is -2.15. The molecular formula is C22H44O11. The Bertz CT molecular complexity index is 385. The summed E-state index contributed by atoms with van der Waals surface area (Å²) in [5, 5.41) is 0. The lowest BCUT2D eigenvalue weighted by atomic mass is 10.5. The lowest BCUT2D eigenvalue weighted by Gasteiger charge is -2.08. The summed E-state index contributed by atoms with van der Waals surface area (Å²) in [6.45, 7) is 10.8. The maximum atomic E-state index is 11.1. The van der Waals surface area contributed by atoms with Gasteiger partial charge in [0.15, 0.2) is 0 Å². The third kappa shape index (κ3) is 29.1. The first-order chi connectivity index (χ1) is 16.3. The van der Waals surface area contributed by atoms with Gasteiger partial charge in [-0.1, -0.05) is 0 Å². The van der Waals surface area contributed by atoms with Crippen molar-refractivity contribution in [3.8, 4) is 0 Å². The van der Waals surface area contributed by atoms with E-state index in [2.05, 4.69) is 0 Å². The second-order valence-corrected chi connectivity index (χ2v) is 6.45. The number of hydrogen-bond acceptors (Lipinski definition) is 11. The summed E-state index contributed by atoms with van der Waals surface area (Å²) in [5.41, 5.74) is 0. The normalized spacial score (nSPS) is 11.2. The van der Waals surface area contributed by atoms with Crippen molar-refractivity contribution in [1.82, 2.24) is 0 Å². The topological polar surface area (TPSA) is 109 Å². The summed E-state index contributed by atoms with van der Waals surface area (Å²) in [5.74, 6) is -0.247. The second-order valence-electron chi connectivity index (χ2n) is 6.45. The maximum Gasteiger partial charge on any atom is 0.308 e. The molecule has 0 aliphatic heterocycles. The number of methoxy groups -OCH3 is 1. The molecule has 0 rings (SSSR count). The number of ether oxygens (including phenoxy) is 10. The predicted octanol–water partition coefficient (Wildman–Crippen LogP) is 0.719. The van der Waals surface area contributed by atoms with Crippen LogP contribution in [-0.2, 0) is 52.2 Å².